The van der Waals surface area contributed by atoms with Crippen LogP contribution in [0.4, 0.5) is 0 Å². The molecule has 3 atom stereocenters. The summed E-state index contributed by atoms with van der Waals surface area (Å²) in [6, 6.07) is 7.09. The highest BCUT2D eigenvalue weighted by atomic mass is 32.2. The van der Waals surface area contributed by atoms with E-state index in [1.54, 1.807) is 12.1 Å². The minimum absolute atomic E-state index is 0.130. The maximum absolute atomic E-state index is 12.1. The molecule has 1 aliphatic carbocycles. The summed E-state index contributed by atoms with van der Waals surface area (Å²) in [4.78, 5) is 11.5. The first-order valence-electron chi connectivity index (χ1n) is 6.43. The fourth-order valence-corrected chi connectivity index (χ4v) is 4.93. The molecule has 0 radical (unpaired) electrons. The molecule has 0 aliphatic heterocycles. The lowest BCUT2D eigenvalue weighted by atomic mass is 9.99. The summed E-state index contributed by atoms with van der Waals surface area (Å²) in [7, 11) is -3.54. The van der Waals surface area contributed by atoms with Crippen LogP contribution in [0.5, 0.6) is 0 Å². The van der Waals surface area contributed by atoms with E-state index in [0.29, 0.717) is 5.56 Å². The van der Waals surface area contributed by atoms with Gasteiger partial charge < -0.3 is 10.2 Å². The van der Waals surface area contributed by atoms with E-state index in [-0.39, 0.29) is 5.75 Å². The monoisotopic (exact) mass is 298 g/mol. The second-order valence-corrected chi connectivity index (χ2v) is 7.68. The number of sulfone groups is 1. The van der Waals surface area contributed by atoms with Crippen LogP contribution in [0.15, 0.2) is 24.3 Å². The summed E-state index contributed by atoms with van der Waals surface area (Å²) in [6.45, 7) is 2.71. The molecule has 1 aromatic rings. The lowest BCUT2D eigenvalue weighted by molar-refractivity contribution is -0.145. The summed E-state index contributed by atoms with van der Waals surface area (Å²) in [5.74, 6) is -2.07. The highest BCUT2D eigenvalue weighted by Gasteiger charge is 2.75. The summed E-state index contributed by atoms with van der Waals surface area (Å²) in [5.41, 5.74) is 0.0488. The molecular formula is C14H18O5S. The van der Waals surface area contributed by atoms with Crippen molar-refractivity contribution in [2.24, 2.45) is 5.41 Å². The molecule has 0 unspecified atom stereocenters. The number of aliphatic carboxylic acids is 1. The molecular weight excluding hydrogens is 280 g/mol. The highest BCUT2D eigenvalue weighted by molar-refractivity contribution is 7.92. The number of aliphatic hydroxyl groups excluding tert-OH is 1. The third kappa shape index (κ3) is 2.03. The van der Waals surface area contributed by atoms with Gasteiger partial charge in [-0.2, -0.15) is 0 Å². The summed E-state index contributed by atoms with van der Waals surface area (Å²) in [6.07, 6.45) is 0. The molecule has 0 amide bonds. The smallest absolute Gasteiger partial charge is 0.314 e. The number of hydrogen-bond acceptors (Lipinski definition) is 4. The number of benzene rings is 1. The Morgan fingerprint density at radius 3 is 2.25 bits per heavy atom. The van der Waals surface area contributed by atoms with Crippen LogP contribution in [0.1, 0.15) is 24.0 Å². The molecule has 2 rings (SSSR count). The van der Waals surface area contributed by atoms with Gasteiger partial charge in [0.1, 0.15) is 5.41 Å². The number of carboxylic acids is 1. The first-order chi connectivity index (χ1) is 9.31. The second kappa shape index (κ2) is 4.86. The largest absolute Gasteiger partial charge is 0.481 e. The van der Waals surface area contributed by atoms with Gasteiger partial charge in [0.25, 0.3) is 0 Å². The molecule has 0 spiro atoms. The second-order valence-electron chi connectivity index (χ2n) is 5.26. The van der Waals surface area contributed by atoms with Crippen molar-refractivity contribution in [3.8, 4) is 0 Å². The van der Waals surface area contributed by atoms with Crippen molar-refractivity contribution in [2.75, 3.05) is 12.4 Å². The van der Waals surface area contributed by atoms with E-state index < -0.39 is 39.0 Å². The minimum atomic E-state index is -3.54. The molecule has 0 heterocycles. The molecule has 0 bridgehead atoms. The Hall–Kier alpha value is -1.40. The van der Waals surface area contributed by atoms with E-state index >= 15 is 0 Å². The van der Waals surface area contributed by atoms with E-state index in [4.69, 9.17) is 0 Å². The predicted molar refractivity (Wildman–Crippen MR) is 74.3 cm³/mol. The van der Waals surface area contributed by atoms with Crippen molar-refractivity contribution >= 4 is 15.8 Å². The van der Waals surface area contributed by atoms with Crippen LogP contribution in [-0.4, -0.2) is 42.2 Å². The molecule has 20 heavy (non-hydrogen) atoms. The van der Waals surface area contributed by atoms with Gasteiger partial charge in [0.15, 0.2) is 9.84 Å². The lowest BCUT2D eigenvalue weighted by Crippen LogP contribution is -2.28. The van der Waals surface area contributed by atoms with Crippen molar-refractivity contribution in [3.63, 3.8) is 0 Å². The van der Waals surface area contributed by atoms with Crippen LogP contribution in [0.25, 0.3) is 0 Å². The maximum atomic E-state index is 12.1. The third-order valence-electron chi connectivity index (χ3n) is 4.14. The van der Waals surface area contributed by atoms with Crippen molar-refractivity contribution in [3.05, 3.63) is 35.4 Å². The van der Waals surface area contributed by atoms with Gasteiger partial charge in [-0.15, -0.1) is 0 Å². The van der Waals surface area contributed by atoms with Gasteiger partial charge in [-0.1, -0.05) is 36.8 Å². The number of rotatable bonds is 5. The normalized spacial score (nSPS) is 29.1. The minimum Gasteiger partial charge on any atom is -0.481 e. The van der Waals surface area contributed by atoms with E-state index in [1.807, 2.05) is 19.1 Å². The molecule has 1 fully saturated rings. The molecule has 0 saturated heterocycles. The zero-order valence-electron chi connectivity index (χ0n) is 11.4. The average Bonchev–Trinajstić information content (AvgIpc) is 3.11. The average molecular weight is 298 g/mol. The lowest BCUT2D eigenvalue weighted by Gasteiger charge is -2.08. The van der Waals surface area contributed by atoms with Crippen LogP contribution in [0.3, 0.4) is 0 Å². The standard InChI is InChI=1S/C14H18O5S/c1-3-20(18,19)12-11(14(12,8-15)13(16)17)10-6-4-9(2)5-7-10/h4-7,11-12,15H,3,8H2,1-2H3,(H,16,17)/t11-,12-,14+/m1/s1. The van der Waals surface area contributed by atoms with Gasteiger partial charge >= 0.3 is 5.97 Å². The van der Waals surface area contributed by atoms with E-state index in [9.17, 15) is 23.4 Å². The molecule has 1 saturated carbocycles. The maximum Gasteiger partial charge on any atom is 0.314 e. The Kier molecular flexibility index (Phi) is 3.64. The molecule has 5 nitrogen and oxygen atoms in total. The summed E-state index contributed by atoms with van der Waals surface area (Å²) < 4.78 is 24.2. The van der Waals surface area contributed by atoms with Gasteiger partial charge in [0.2, 0.25) is 0 Å². The van der Waals surface area contributed by atoms with Gasteiger partial charge in [-0.05, 0) is 12.5 Å². The van der Waals surface area contributed by atoms with Crippen molar-refractivity contribution in [1.82, 2.24) is 0 Å². The van der Waals surface area contributed by atoms with Crippen LogP contribution in [-0.2, 0) is 14.6 Å². The van der Waals surface area contributed by atoms with E-state index in [0.717, 1.165) is 5.56 Å². The molecule has 1 aromatic carbocycles. The Morgan fingerprint density at radius 1 is 1.30 bits per heavy atom. The van der Waals surface area contributed by atoms with Crippen molar-refractivity contribution in [2.45, 2.75) is 25.0 Å². The van der Waals surface area contributed by atoms with Crippen molar-refractivity contribution in [1.29, 1.82) is 0 Å². The molecule has 0 aromatic heterocycles. The fourth-order valence-electron chi connectivity index (χ4n) is 2.87. The third-order valence-corrected chi connectivity index (χ3v) is 6.41. The van der Waals surface area contributed by atoms with Crippen LogP contribution in [0.2, 0.25) is 0 Å². The van der Waals surface area contributed by atoms with Gasteiger partial charge in [-0.3, -0.25) is 4.79 Å². The number of aryl methyl sites for hydroxylation is 1. The van der Waals surface area contributed by atoms with Crippen LogP contribution < -0.4 is 0 Å². The van der Waals surface area contributed by atoms with Gasteiger partial charge in [0.05, 0.1) is 11.9 Å². The topological polar surface area (TPSA) is 91.7 Å². The summed E-state index contributed by atoms with van der Waals surface area (Å²) in [5, 5.41) is 17.8. The number of aliphatic hydroxyl groups is 1. The highest BCUT2D eigenvalue weighted by Crippen LogP contribution is 2.63. The Balaban J connectivity index is 2.50. The first-order valence-corrected chi connectivity index (χ1v) is 8.15. The Morgan fingerprint density at radius 2 is 1.85 bits per heavy atom. The zero-order chi connectivity index (χ0) is 15.1. The fraction of sp³-hybridized carbons (Fsp3) is 0.500. The van der Waals surface area contributed by atoms with Crippen LogP contribution in [0, 0.1) is 12.3 Å². The van der Waals surface area contributed by atoms with Gasteiger partial charge in [0, 0.05) is 11.7 Å². The first kappa shape index (κ1) is 15.0. The molecule has 2 N–H and O–H groups in total. The van der Waals surface area contributed by atoms with E-state index in [1.165, 1.54) is 6.92 Å². The Labute approximate surface area is 118 Å². The quantitative estimate of drug-likeness (QED) is 0.844. The predicted octanol–water partition coefficient (Wildman–Crippen LogP) is 0.959. The molecule has 1 aliphatic rings. The zero-order valence-corrected chi connectivity index (χ0v) is 12.2. The van der Waals surface area contributed by atoms with E-state index in [2.05, 4.69) is 0 Å². The molecule has 6 heteroatoms. The number of carbonyl (C=O) groups is 1. The van der Waals surface area contributed by atoms with Crippen molar-refractivity contribution < 1.29 is 23.4 Å². The van der Waals surface area contributed by atoms with Crippen LogP contribution >= 0.6 is 0 Å². The Bertz CT molecular complexity index is 619. The SMILES string of the molecule is CCS(=O)(=O)[C@@H]1[C@@H](c2ccc(C)cc2)[C@]1(CO)C(=O)O. The number of carboxylic acid groups (broad SMARTS) is 1. The number of hydrogen-bond donors (Lipinski definition) is 2. The summed E-state index contributed by atoms with van der Waals surface area (Å²) >= 11 is 0. The molecule has 110 valence electrons. The van der Waals surface area contributed by atoms with Gasteiger partial charge in [-0.25, -0.2) is 8.42 Å².